The van der Waals surface area contributed by atoms with Crippen LogP contribution in [0.3, 0.4) is 0 Å². The van der Waals surface area contributed by atoms with Crippen LogP contribution >= 0.6 is 0 Å². The van der Waals surface area contributed by atoms with Gasteiger partial charge >= 0.3 is 6.03 Å². The molecule has 2 amide bonds. The Labute approximate surface area is 203 Å². The first-order chi connectivity index (χ1) is 16.6. The highest BCUT2D eigenvalue weighted by Crippen LogP contribution is 2.30. The Morgan fingerprint density at radius 2 is 1.88 bits per heavy atom. The quantitative estimate of drug-likeness (QED) is 0.416. The van der Waals surface area contributed by atoms with E-state index in [1.807, 2.05) is 35.2 Å². The second-order valence-electron chi connectivity index (χ2n) is 8.98. The van der Waals surface area contributed by atoms with Crippen LogP contribution in [0, 0.1) is 6.92 Å². The molecule has 1 heterocycles. The first-order valence-electron chi connectivity index (χ1n) is 12.3. The number of rotatable bonds is 8. The van der Waals surface area contributed by atoms with Crippen LogP contribution in [0.2, 0.25) is 0 Å². The molecular weight excluding hydrogens is 422 g/mol. The van der Waals surface area contributed by atoms with Gasteiger partial charge in [0.05, 0.1) is 0 Å². The lowest BCUT2D eigenvalue weighted by Gasteiger charge is -2.26. The second kappa shape index (κ2) is 11.6. The van der Waals surface area contributed by atoms with Crippen molar-refractivity contribution in [2.45, 2.75) is 52.2 Å². The van der Waals surface area contributed by atoms with Gasteiger partial charge in [-0.2, -0.15) is 0 Å². The summed E-state index contributed by atoms with van der Waals surface area (Å²) in [5.41, 5.74) is 5.61. The van der Waals surface area contributed by atoms with Crippen LogP contribution in [0.4, 0.5) is 16.2 Å². The van der Waals surface area contributed by atoms with Crippen molar-refractivity contribution in [3.63, 3.8) is 0 Å². The van der Waals surface area contributed by atoms with Gasteiger partial charge in [0.15, 0.2) is 0 Å². The highest BCUT2D eigenvalue weighted by molar-refractivity contribution is 5.93. The predicted octanol–water partition coefficient (Wildman–Crippen LogP) is 6.32. The first kappa shape index (κ1) is 23.7. The lowest BCUT2D eigenvalue weighted by atomic mass is 10.1. The number of benzene rings is 3. The van der Waals surface area contributed by atoms with E-state index in [-0.39, 0.29) is 12.1 Å². The molecule has 4 rings (SSSR count). The van der Waals surface area contributed by atoms with Crippen LogP contribution in [0.5, 0.6) is 5.75 Å². The summed E-state index contributed by atoms with van der Waals surface area (Å²) in [6.07, 6.45) is 3.92. The number of nitrogens with zero attached hydrogens (tertiary/aromatic N) is 1. The third-order valence-electron chi connectivity index (χ3n) is 6.29. The lowest BCUT2D eigenvalue weighted by molar-refractivity contribution is 0.245. The standard InChI is InChI=1S/C29H35N3O2/c1-3-25(31-26-14-9-10-22(2)18-26)20-30-29(33)32-17-8-7-13-24-19-27(15-16-28(24)32)34-21-23-11-5-4-6-12-23/h4-6,9-12,14-16,18-19,25,31H,3,7-8,13,17,20-21H2,1-2H3,(H,30,33). The Balaban J connectivity index is 1.39. The van der Waals surface area contributed by atoms with Gasteiger partial charge < -0.3 is 15.4 Å². The predicted molar refractivity (Wildman–Crippen MR) is 140 cm³/mol. The molecule has 0 fully saturated rings. The average Bonchev–Trinajstić information content (AvgIpc) is 3.08. The van der Waals surface area contributed by atoms with Gasteiger partial charge in [-0.05, 0) is 79.6 Å². The molecule has 0 aromatic heterocycles. The monoisotopic (exact) mass is 457 g/mol. The summed E-state index contributed by atoms with van der Waals surface area (Å²) in [5, 5.41) is 6.71. The van der Waals surface area contributed by atoms with Crippen molar-refractivity contribution in [1.29, 1.82) is 0 Å². The number of carbonyl (C=O) groups excluding carboxylic acids is 1. The molecular formula is C29H35N3O2. The van der Waals surface area contributed by atoms with Crippen molar-refractivity contribution >= 4 is 17.4 Å². The Bertz CT molecular complexity index is 1080. The molecule has 178 valence electrons. The Hall–Kier alpha value is -3.47. The summed E-state index contributed by atoms with van der Waals surface area (Å²) in [7, 11) is 0. The maximum absolute atomic E-state index is 13.2. The van der Waals surface area contributed by atoms with Gasteiger partial charge in [-0.15, -0.1) is 0 Å². The maximum Gasteiger partial charge on any atom is 0.321 e. The van der Waals surface area contributed by atoms with Crippen molar-refractivity contribution in [2.75, 3.05) is 23.3 Å². The van der Waals surface area contributed by atoms with E-state index in [1.165, 1.54) is 11.1 Å². The van der Waals surface area contributed by atoms with Gasteiger partial charge in [0.25, 0.3) is 0 Å². The molecule has 3 aromatic rings. The number of aryl methyl sites for hydroxylation is 2. The summed E-state index contributed by atoms with van der Waals surface area (Å²) < 4.78 is 6.03. The summed E-state index contributed by atoms with van der Waals surface area (Å²) in [5.74, 6) is 0.846. The number of nitrogens with one attached hydrogen (secondary N) is 2. The van der Waals surface area contributed by atoms with Crippen molar-refractivity contribution < 1.29 is 9.53 Å². The Morgan fingerprint density at radius 1 is 1.03 bits per heavy atom. The summed E-state index contributed by atoms with van der Waals surface area (Å²) >= 11 is 0. The van der Waals surface area contributed by atoms with Crippen molar-refractivity contribution in [3.05, 3.63) is 89.5 Å². The molecule has 34 heavy (non-hydrogen) atoms. The van der Waals surface area contributed by atoms with Crippen LogP contribution in [0.1, 0.15) is 42.9 Å². The third kappa shape index (κ3) is 6.31. The van der Waals surface area contributed by atoms with Crippen LogP contribution < -0.4 is 20.3 Å². The smallest absolute Gasteiger partial charge is 0.321 e. The van der Waals surface area contributed by atoms with Gasteiger partial charge in [-0.3, -0.25) is 4.90 Å². The number of hydrogen-bond acceptors (Lipinski definition) is 3. The van der Waals surface area contributed by atoms with Crippen LogP contribution in [0.15, 0.2) is 72.8 Å². The van der Waals surface area contributed by atoms with E-state index in [1.54, 1.807) is 0 Å². The van der Waals surface area contributed by atoms with Gasteiger partial charge in [0.2, 0.25) is 0 Å². The summed E-state index contributed by atoms with van der Waals surface area (Å²) in [6, 6.07) is 24.7. The highest BCUT2D eigenvalue weighted by atomic mass is 16.5. The molecule has 3 aromatic carbocycles. The fourth-order valence-electron chi connectivity index (χ4n) is 4.35. The zero-order chi connectivity index (χ0) is 23.8. The Morgan fingerprint density at radius 3 is 2.68 bits per heavy atom. The van der Waals surface area contributed by atoms with E-state index in [2.05, 4.69) is 66.9 Å². The molecule has 0 saturated carbocycles. The van der Waals surface area contributed by atoms with E-state index >= 15 is 0 Å². The maximum atomic E-state index is 13.2. The number of amides is 2. The van der Waals surface area contributed by atoms with Crippen molar-refractivity contribution in [2.24, 2.45) is 0 Å². The van der Waals surface area contributed by atoms with Gasteiger partial charge in [-0.25, -0.2) is 4.79 Å². The number of ether oxygens (including phenoxy) is 1. The zero-order valence-electron chi connectivity index (χ0n) is 20.2. The van der Waals surface area contributed by atoms with E-state index in [9.17, 15) is 4.79 Å². The number of carbonyl (C=O) groups is 1. The molecule has 5 nitrogen and oxygen atoms in total. The molecule has 0 radical (unpaired) electrons. The number of fused-ring (bicyclic) bond motifs is 1. The zero-order valence-corrected chi connectivity index (χ0v) is 20.2. The molecule has 5 heteroatoms. The van der Waals surface area contributed by atoms with Crippen LogP contribution in [-0.4, -0.2) is 25.2 Å². The molecule has 0 aliphatic carbocycles. The second-order valence-corrected chi connectivity index (χ2v) is 8.98. The number of urea groups is 1. The molecule has 0 spiro atoms. The molecule has 0 bridgehead atoms. The number of hydrogen-bond donors (Lipinski definition) is 2. The van der Waals surface area contributed by atoms with Crippen LogP contribution in [0.25, 0.3) is 0 Å². The summed E-state index contributed by atoms with van der Waals surface area (Å²) in [6.45, 7) is 6.06. The highest BCUT2D eigenvalue weighted by Gasteiger charge is 2.22. The first-order valence-corrected chi connectivity index (χ1v) is 12.3. The Kier molecular flexibility index (Phi) is 8.08. The van der Waals surface area contributed by atoms with Crippen molar-refractivity contribution in [1.82, 2.24) is 5.32 Å². The molecule has 0 saturated heterocycles. The van der Waals surface area contributed by atoms with E-state index in [0.29, 0.717) is 13.2 Å². The lowest BCUT2D eigenvalue weighted by Crippen LogP contribution is -2.44. The van der Waals surface area contributed by atoms with Gasteiger partial charge in [0, 0.05) is 30.5 Å². The minimum Gasteiger partial charge on any atom is -0.489 e. The molecule has 1 aliphatic heterocycles. The average molecular weight is 458 g/mol. The van der Waals surface area contributed by atoms with E-state index < -0.39 is 0 Å². The van der Waals surface area contributed by atoms with E-state index in [0.717, 1.165) is 54.9 Å². The third-order valence-corrected chi connectivity index (χ3v) is 6.29. The van der Waals surface area contributed by atoms with Gasteiger partial charge in [0.1, 0.15) is 12.4 Å². The topological polar surface area (TPSA) is 53.6 Å². The molecule has 1 atom stereocenters. The van der Waals surface area contributed by atoms with Gasteiger partial charge in [-0.1, -0.05) is 49.4 Å². The minimum absolute atomic E-state index is 0.0365. The SMILES string of the molecule is CCC(CNC(=O)N1CCCCc2cc(OCc3ccccc3)ccc21)Nc1cccc(C)c1. The fourth-order valence-corrected chi connectivity index (χ4v) is 4.35. The molecule has 1 unspecified atom stereocenters. The molecule has 2 N–H and O–H groups in total. The fraction of sp³-hybridized carbons (Fsp3) is 0.345. The normalized spacial score (nSPS) is 14.0. The van der Waals surface area contributed by atoms with E-state index in [4.69, 9.17) is 4.74 Å². The van der Waals surface area contributed by atoms with Crippen molar-refractivity contribution in [3.8, 4) is 5.75 Å². The minimum atomic E-state index is -0.0365. The molecule has 1 aliphatic rings. The summed E-state index contributed by atoms with van der Waals surface area (Å²) in [4.78, 5) is 15.1. The van der Waals surface area contributed by atoms with Crippen LogP contribution in [-0.2, 0) is 13.0 Å². The largest absolute Gasteiger partial charge is 0.489 e. The number of anilines is 2.